The predicted molar refractivity (Wildman–Crippen MR) is 275 cm³/mol. The molecule has 0 aromatic heterocycles. The molecule has 4 aliphatic carbocycles. The van der Waals surface area contributed by atoms with Crippen LogP contribution in [0.4, 0.5) is 22.7 Å². The molecule has 8 amide bonds. The minimum absolute atomic E-state index is 0.0439. The first-order valence-corrected chi connectivity index (χ1v) is 26.6. The highest BCUT2D eigenvalue weighted by atomic mass is 16.5. The van der Waals surface area contributed by atoms with Crippen LogP contribution < -0.4 is 38.5 Å². The molecule has 0 radical (unpaired) electrons. The van der Waals surface area contributed by atoms with E-state index >= 15 is 0 Å². The lowest BCUT2D eigenvalue weighted by atomic mass is 9.55. The topological polar surface area (TPSA) is 186 Å². The number of rotatable bonds is 0. The fraction of sp³-hybridized carbons (Fsp3) is 0.467. The normalized spacial score (nSPS) is 35.2. The number of amides is 8. The number of aryl methyl sites for hydroxylation is 4. The van der Waals surface area contributed by atoms with E-state index in [9.17, 15) is 38.4 Å². The van der Waals surface area contributed by atoms with Gasteiger partial charge in [0.05, 0.1) is 94.5 Å². The minimum Gasteiger partial charge on any atom is -0.491 e. The average Bonchev–Trinajstić information content (AvgIpc) is 4.14. The Bertz CT molecular complexity index is 2930. The molecular formula is C60H60N4O12. The zero-order chi connectivity index (χ0) is 53.4. The smallest absolute Gasteiger partial charge is 0.241 e. The van der Waals surface area contributed by atoms with E-state index in [1.807, 2.05) is 128 Å². The summed E-state index contributed by atoms with van der Waals surface area (Å²) in [6.45, 7) is 17.4. The maximum absolute atomic E-state index is 12.7. The molecule has 0 N–H and O–H groups in total. The monoisotopic (exact) mass is 1030 g/mol. The van der Waals surface area contributed by atoms with E-state index in [0.29, 0.717) is 72.2 Å². The molecule has 4 aromatic carbocycles. The van der Waals surface area contributed by atoms with Gasteiger partial charge in [0.1, 0.15) is 23.0 Å². The van der Waals surface area contributed by atoms with Gasteiger partial charge in [-0.25, -0.2) is 19.6 Å². The molecule has 76 heavy (non-hydrogen) atoms. The van der Waals surface area contributed by atoms with Gasteiger partial charge in [0.2, 0.25) is 47.3 Å². The number of hydrogen-bond donors (Lipinski definition) is 0. The SMILES string of the molecule is Cc1cccc2c1N1C(=O)[C@H]3C[C@@H](CO2)[C@@]3(C)C1=O.Cc1cccc2c1N1C(=O)[C@H]3C[C@@H](CO2)[C@@]3(C)C1=O.Cc1cccc2c1N1C(=O)[C@H]3C[C@@H](CO2)[C@@]3(C)C1=O.Cc1cccc2c1N1C(=O)[C@H]3C[C@@H](CO2)[C@@]3(C)C1=O. The summed E-state index contributed by atoms with van der Waals surface area (Å²) in [4.78, 5) is 106. The Kier molecular flexibility index (Phi) is 10.2. The number of nitrogens with zero attached hydrogens (tertiary/aromatic N) is 4. The lowest BCUT2D eigenvalue weighted by molar-refractivity contribution is -0.144. The molecule has 12 atom stereocenters. The first kappa shape index (κ1) is 48.3. The molecule has 8 bridgehead atoms. The van der Waals surface area contributed by atoms with Gasteiger partial charge in [-0.1, -0.05) is 48.5 Å². The number of ether oxygens (including phenoxy) is 4. The van der Waals surface area contributed by atoms with Crippen LogP contribution in [0.25, 0.3) is 0 Å². The molecule has 4 saturated heterocycles. The van der Waals surface area contributed by atoms with Gasteiger partial charge in [0, 0.05) is 23.7 Å². The van der Waals surface area contributed by atoms with Gasteiger partial charge in [-0.2, -0.15) is 0 Å². The van der Waals surface area contributed by atoms with Crippen molar-refractivity contribution in [1.29, 1.82) is 0 Å². The molecule has 4 aromatic rings. The first-order valence-electron chi connectivity index (χ1n) is 26.6. The van der Waals surface area contributed by atoms with Crippen molar-refractivity contribution in [3.63, 3.8) is 0 Å². The Balaban J connectivity index is 0.0000000970. The summed E-state index contributed by atoms with van der Waals surface area (Å²) in [5.74, 6) is 2.24. The van der Waals surface area contributed by atoms with E-state index in [1.165, 1.54) is 19.6 Å². The second-order valence-electron chi connectivity index (χ2n) is 23.9. The zero-order valence-corrected chi connectivity index (χ0v) is 43.9. The minimum atomic E-state index is -0.545. The Labute approximate surface area is 439 Å². The highest BCUT2D eigenvalue weighted by Crippen LogP contribution is 2.64. The second kappa shape index (κ2) is 16.1. The summed E-state index contributed by atoms with van der Waals surface area (Å²) >= 11 is 0. The van der Waals surface area contributed by atoms with Gasteiger partial charge in [-0.3, -0.25) is 38.4 Å². The standard InChI is InChI=1S/4C15H15NO3/c4*1-8-4-3-5-11-12(8)16-13(17)10-6-9(7-19-11)15(10,2)14(16)18/h4*3-5,9-10H,6-7H2,1-2H3/t4*9-,10+,15+/m0000/s1. The van der Waals surface area contributed by atoms with Crippen molar-refractivity contribution in [2.24, 2.45) is 69.0 Å². The van der Waals surface area contributed by atoms with Crippen molar-refractivity contribution >= 4 is 70.0 Å². The van der Waals surface area contributed by atoms with Crippen molar-refractivity contribution in [3.05, 3.63) is 95.1 Å². The van der Waals surface area contributed by atoms with E-state index in [-0.39, 0.29) is 94.6 Å². The largest absolute Gasteiger partial charge is 0.491 e. The fourth-order valence-electron chi connectivity index (χ4n) is 15.0. The van der Waals surface area contributed by atoms with Crippen LogP contribution >= 0.6 is 0 Å². The van der Waals surface area contributed by atoms with E-state index in [2.05, 4.69) is 0 Å². The van der Waals surface area contributed by atoms with Crippen molar-refractivity contribution in [2.75, 3.05) is 46.0 Å². The van der Waals surface area contributed by atoms with Crippen molar-refractivity contribution in [2.45, 2.75) is 81.1 Å². The quantitative estimate of drug-likeness (QED) is 0.157. The number of imide groups is 4. The zero-order valence-electron chi connectivity index (χ0n) is 43.9. The Morgan fingerprint density at radius 2 is 0.539 bits per heavy atom. The van der Waals surface area contributed by atoms with Gasteiger partial charge >= 0.3 is 0 Å². The first-order chi connectivity index (χ1) is 36.2. The summed E-state index contributed by atoms with van der Waals surface area (Å²) in [7, 11) is 0. The molecule has 12 aliphatic rings. The third-order valence-electron chi connectivity index (χ3n) is 20.6. The predicted octanol–water partition coefficient (Wildman–Crippen LogP) is 7.61. The van der Waals surface area contributed by atoms with Crippen LogP contribution in [0.3, 0.4) is 0 Å². The van der Waals surface area contributed by atoms with E-state index in [0.717, 1.165) is 47.9 Å². The molecule has 16 rings (SSSR count). The third kappa shape index (κ3) is 5.90. The molecule has 16 nitrogen and oxygen atoms in total. The number of hydrogen-bond acceptors (Lipinski definition) is 12. The molecule has 4 saturated carbocycles. The molecule has 392 valence electrons. The molecule has 16 heteroatoms. The van der Waals surface area contributed by atoms with Crippen molar-refractivity contribution in [1.82, 2.24) is 0 Å². The van der Waals surface area contributed by atoms with E-state index < -0.39 is 21.7 Å². The lowest BCUT2D eigenvalue weighted by Gasteiger charge is -2.46. The van der Waals surface area contributed by atoms with Gasteiger partial charge in [-0.15, -0.1) is 0 Å². The van der Waals surface area contributed by atoms with E-state index in [4.69, 9.17) is 18.9 Å². The summed E-state index contributed by atoms with van der Waals surface area (Å²) in [5.41, 5.74) is 4.02. The number of anilines is 4. The number of fused-ring (bicyclic) bond motifs is 12. The van der Waals surface area contributed by atoms with Gasteiger partial charge in [0.25, 0.3) is 0 Å². The summed E-state index contributed by atoms with van der Waals surface area (Å²) in [6, 6.07) is 22.5. The van der Waals surface area contributed by atoms with Crippen LogP contribution in [0.2, 0.25) is 0 Å². The summed E-state index contributed by atoms with van der Waals surface area (Å²) < 4.78 is 23.4. The average molecular weight is 1030 g/mol. The van der Waals surface area contributed by atoms with Gasteiger partial charge < -0.3 is 18.9 Å². The highest BCUT2D eigenvalue weighted by Gasteiger charge is 2.72. The van der Waals surface area contributed by atoms with Gasteiger partial charge in [-0.05, 0) is 128 Å². The third-order valence-corrected chi connectivity index (χ3v) is 20.6. The van der Waals surface area contributed by atoms with Crippen molar-refractivity contribution < 1.29 is 57.3 Å². The summed E-state index contributed by atoms with van der Waals surface area (Å²) in [6.07, 6.45) is 3.07. The summed E-state index contributed by atoms with van der Waals surface area (Å²) in [5, 5.41) is 0. The highest BCUT2D eigenvalue weighted by molar-refractivity contribution is 6.28. The van der Waals surface area contributed by atoms with Gasteiger partial charge in [0.15, 0.2) is 0 Å². The number of carbonyl (C=O) groups is 8. The fourth-order valence-corrected chi connectivity index (χ4v) is 15.0. The van der Waals surface area contributed by atoms with Crippen LogP contribution in [0.15, 0.2) is 72.8 Å². The van der Waals surface area contributed by atoms with Crippen LogP contribution in [0.1, 0.15) is 75.6 Å². The second-order valence-corrected chi connectivity index (χ2v) is 23.9. The number of para-hydroxylation sites is 4. The molecule has 0 unspecified atom stereocenters. The lowest BCUT2D eigenvalue weighted by Crippen LogP contribution is -2.52. The van der Waals surface area contributed by atoms with Crippen LogP contribution in [-0.4, -0.2) is 73.7 Å². The molecule has 8 heterocycles. The Morgan fingerprint density at radius 3 is 0.737 bits per heavy atom. The molecule has 8 fully saturated rings. The molecular weight excluding hydrogens is 969 g/mol. The van der Waals surface area contributed by atoms with Crippen LogP contribution in [0.5, 0.6) is 23.0 Å². The maximum Gasteiger partial charge on any atom is 0.241 e. The van der Waals surface area contributed by atoms with Crippen molar-refractivity contribution in [3.8, 4) is 23.0 Å². The number of carbonyl (C=O) groups excluding carboxylic acids is 8. The maximum atomic E-state index is 12.7. The number of benzene rings is 4. The molecule has 0 spiro atoms. The van der Waals surface area contributed by atoms with Crippen LogP contribution in [-0.2, 0) is 38.4 Å². The molecule has 8 aliphatic heterocycles. The Morgan fingerprint density at radius 1 is 0.342 bits per heavy atom. The Hall–Kier alpha value is -7.36. The van der Waals surface area contributed by atoms with E-state index in [1.54, 1.807) is 0 Å². The van der Waals surface area contributed by atoms with Crippen LogP contribution in [0, 0.1) is 96.7 Å².